The first-order valence-electron chi connectivity index (χ1n) is 11.8. The minimum absolute atomic E-state index is 0.201. The first-order valence-corrected chi connectivity index (χ1v) is 13.5. The summed E-state index contributed by atoms with van der Waals surface area (Å²) in [5, 5.41) is 8.26. The van der Waals surface area contributed by atoms with E-state index in [1.165, 1.54) is 11.8 Å². The second-order valence-corrected chi connectivity index (χ2v) is 10.6. The summed E-state index contributed by atoms with van der Waals surface area (Å²) in [6.45, 7) is 0. The third-order valence-corrected chi connectivity index (χ3v) is 7.68. The van der Waals surface area contributed by atoms with Crippen LogP contribution in [0, 0.1) is 0 Å². The number of anilines is 2. The van der Waals surface area contributed by atoms with Crippen LogP contribution < -0.4 is 10.6 Å². The predicted molar refractivity (Wildman–Crippen MR) is 158 cm³/mol. The fourth-order valence-corrected chi connectivity index (χ4v) is 5.55. The highest BCUT2D eigenvalue weighted by Gasteiger charge is 2.23. The van der Waals surface area contributed by atoms with E-state index < -0.39 is 5.25 Å². The maximum atomic E-state index is 13.4. The summed E-state index contributed by atoms with van der Waals surface area (Å²) >= 11 is 13.7. The van der Waals surface area contributed by atoms with Crippen molar-refractivity contribution in [2.24, 2.45) is 0 Å². The van der Waals surface area contributed by atoms with Gasteiger partial charge in [0.2, 0.25) is 5.91 Å². The molecule has 0 aliphatic heterocycles. The summed E-state index contributed by atoms with van der Waals surface area (Å²) < 4.78 is 0. The molecule has 5 aromatic carbocycles. The second kappa shape index (κ2) is 11.7. The van der Waals surface area contributed by atoms with Gasteiger partial charge in [0, 0.05) is 21.2 Å². The van der Waals surface area contributed by atoms with E-state index in [2.05, 4.69) is 10.6 Å². The smallest absolute Gasteiger partial charge is 0.255 e. The molecular weight excluding hydrogens is 535 g/mol. The number of nitrogens with one attached hydrogen (secondary N) is 2. The minimum atomic E-state index is -0.561. The molecule has 0 heterocycles. The number of carbonyl (C=O) groups is 2. The highest BCUT2D eigenvalue weighted by molar-refractivity contribution is 8.00. The van der Waals surface area contributed by atoms with E-state index in [-0.39, 0.29) is 11.8 Å². The molecule has 0 bridgehead atoms. The van der Waals surface area contributed by atoms with Gasteiger partial charge in [-0.2, -0.15) is 0 Å². The summed E-state index contributed by atoms with van der Waals surface area (Å²) in [6, 6.07) is 35.5. The van der Waals surface area contributed by atoms with Crippen LogP contribution in [0.5, 0.6) is 0 Å². The van der Waals surface area contributed by atoms with E-state index in [0.717, 1.165) is 21.2 Å². The van der Waals surface area contributed by atoms with Gasteiger partial charge in [-0.3, -0.25) is 9.59 Å². The fourth-order valence-electron chi connectivity index (χ4n) is 4.01. The molecule has 0 aliphatic rings. The normalized spacial score (nSPS) is 11.6. The Morgan fingerprint density at radius 3 is 2.24 bits per heavy atom. The number of benzene rings is 5. The molecule has 0 aliphatic carbocycles. The summed E-state index contributed by atoms with van der Waals surface area (Å²) in [7, 11) is 0. The van der Waals surface area contributed by atoms with E-state index >= 15 is 0 Å². The van der Waals surface area contributed by atoms with Gasteiger partial charge < -0.3 is 10.6 Å². The Morgan fingerprint density at radius 2 is 1.45 bits per heavy atom. The zero-order valence-corrected chi connectivity index (χ0v) is 22.4. The lowest BCUT2D eigenvalue weighted by atomic mass is 10.1. The first kappa shape index (κ1) is 25.9. The van der Waals surface area contributed by atoms with Crippen molar-refractivity contribution in [2.75, 3.05) is 10.6 Å². The molecule has 2 N–H and O–H groups in total. The maximum Gasteiger partial charge on any atom is 0.255 e. The molecule has 0 spiro atoms. The monoisotopic (exact) mass is 556 g/mol. The lowest BCUT2D eigenvalue weighted by Crippen LogP contribution is -2.19. The van der Waals surface area contributed by atoms with Gasteiger partial charge in [-0.1, -0.05) is 89.9 Å². The summed E-state index contributed by atoms with van der Waals surface area (Å²) in [5.74, 6) is -0.427. The molecule has 2 amide bonds. The first-order chi connectivity index (χ1) is 18.5. The molecule has 0 saturated heterocycles. The van der Waals surface area contributed by atoms with Crippen LogP contribution >= 0.6 is 35.0 Å². The van der Waals surface area contributed by atoms with Crippen LogP contribution in [0.25, 0.3) is 10.8 Å². The molecule has 1 unspecified atom stereocenters. The van der Waals surface area contributed by atoms with Crippen molar-refractivity contribution in [2.45, 2.75) is 10.1 Å². The van der Waals surface area contributed by atoms with Gasteiger partial charge in [-0.25, -0.2) is 0 Å². The molecular formula is C31H22Cl2N2O2S. The number of hydrogen-bond acceptors (Lipinski definition) is 3. The van der Waals surface area contributed by atoms with Crippen LogP contribution in [0.4, 0.5) is 11.4 Å². The molecule has 38 heavy (non-hydrogen) atoms. The number of halogens is 2. The molecule has 5 aromatic rings. The number of thioether (sulfide) groups is 1. The molecule has 4 nitrogen and oxygen atoms in total. The largest absolute Gasteiger partial charge is 0.323 e. The minimum Gasteiger partial charge on any atom is -0.323 e. The molecule has 0 fully saturated rings. The lowest BCUT2D eigenvalue weighted by Gasteiger charge is -2.18. The number of amides is 2. The third-order valence-electron chi connectivity index (χ3n) is 5.89. The van der Waals surface area contributed by atoms with Gasteiger partial charge in [-0.15, -0.1) is 11.8 Å². The van der Waals surface area contributed by atoms with Crippen molar-refractivity contribution >= 4 is 68.9 Å². The average Bonchev–Trinajstić information content (AvgIpc) is 2.93. The van der Waals surface area contributed by atoms with Crippen molar-refractivity contribution in [3.05, 3.63) is 136 Å². The lowest BCUT2D eigenvalue weighted by molar-refractivity contribution is -0.115. The quantitative estimate of drug-likeness (QED) is 0.197. The van der Waals surface area contributed by atoms with Crippen molar-refractivity contribution in [3.63, 3.8) is 0 Å². The van der Waals surface area contributed by atoms with Gasteiger partial charge in [0.25, 0.3) is 5.91 Å². The zero-order chi connectivity index (χ0) is 26.5. The second-order valence-electron chi connectivity index (χ2n) is 8.57. The van der Waals surface area contributed by atoms with Crippen molar-refractivity contribution in [3.8, 4) is 0 Å². The summed E-state index contributed by atoms with van der Waals surface area (Å²) in [4.78, 5) is 27.2. The van der Waals surface area contributed by atoms with E-state index in [4.69, 9.17) is 23.2 Å². The Hall–Kier alpha value is -3.77. The van der Waals surface area contributed by atoms with E-state index in [1.807, 2.05) is 97.1 Å². The van der Waals surface area contributed by atoms with Crippen LogP contribution in [0.3, 0.4) is 0 Å². The van der Waals surface area contributed by atoms with Crippen molar-refractivity contribution in [1.82, 2.24) is 0 Å². The standard InChI is InChI=1S/C31H22Cl2N2O2S/c32-24-15-16-28(27(33)18-24)35-31(37)29(21-8-2-1-3-9-21)38-26-12-6-11-25(19-26)34-30(36)23-14-13-20-7-4-5-10-22(20)17-23/h1-19,29H,(H,34,36)(H,35,37). The van der Waals surface area contributed by atoms with Crippen molar-refractivity contribution in [1.29, 1.82) is 0 Å². The van der Waals surface area contributed by atoms with Crippen LogP contribution in [-0.2, 0) is 4.79 Å². The van der Waals surface area contributed by atoms with E-state index in [0.29, 0.717) is 27.0 Å². The Kier molecular flexibility index (Phi) is 7.99. The van der Waals surface area contributed by atoms with E-state index in [9.17, 15) is 9.59 Å². The molecule has 0 radical (unpaired) electrons. The molecule has 5 rings (SSSR count). The molecule has 0 aromatic heterocycles. The highest BCUT2D eigenvalue weighted by atomic mass is 35.5. The molecule has 0 saturated carbocycles. The van der Waals surface area contributed by atoms with E-state index in [1.54, 1.807) is 18.2 Å². The topological polar surface area (TPSA) is 58.2 Å². The Morgan fingerprint density at radius 1 is 0.684 bits per heavy atom. The van der Waals surface area contributed by atoms with Gasteiger partial charge in [0.15, 0.2) is 0 Å². The predicted octanol–water partition coefficient (Wildman–Crippen LogP) is 8.87. The third kappa shape index (κ3) is 6.20. The van der Waals surface area contributed by atoms with Gasteiger partial charge in [0.05, 0.1) is 10.7 Å². The number of rotatable bonds is 7. The number of fused-ring (bicyclic) bond motifs is 1. The molecule has 1 atom stereocenters. The summed E-state index contributed by atoms with van der Waals surface area (Å²) in [5.41, 5.74) is 2.54. The Balaban J connectivity index is 1.36. The number of carbonyl (C=O) groups excluding carboxylic acids is 2. The maximum absolute atomic E-state index is 13.4. The molecule has 188 valence electrons. The zero-order valence-electron chi connectivity index (χ0n) is 20.0. The van der Waals surface area contributed by atoms with Gasteiger partial charge in [0.1, 0.15) is 5.25 Å². The number of hydrogen-bond donors (Lipinski definition) is 2. The van der Waals surface area contributed by atoms with Crippen LogP contribution in [-0.4, -0.2) is 11.8 Å². The highest BCUT2D eigenvalue weighted by Crippen LogP contribution is 2.38. The van der Waals surface area contributed by atoms with Gasteiger partial charge in [-0.05, 0) is 64.9 Å². The Bertz CT molecular complexity index is 1630. The van der Waals surface area contributed by atoms with Crippen molar-refractivity contribution < 1.29 is 9.59 Å². The Labute approximate surface area is 235 Å². The summed E-state index contributed by atoms with van der Waals surface area (Å²) in [6.07, 6.45) is 0. The van der Waals surface area contributed by atoms with Crippen LogP contribution in [0.15, 0.2) is 120 Å². The van der Waals surface area contributed by atoms with Gasteiger partial charge >= 0.3 is 0 Å². The van der Waals surface area contributed by atoms with Crippen LogP contribution in [0.1, 0.15) is 21.2 Å². The average molecular weight is 558 g/mol. The van der Waals surface area contributed by atoms with Crippen LogP contribution in [0.2, 0.25) is 10.0 Å². The SMILES string of the molecule is O=C(Nc1cccc(SC(C(=O)Nc2ccc(Cl)cc2Cl)c2ccccc2)c1)c1ccc2ccccc2c1. The molecule has 7 heteroatoms. The fraction of sp³-hybridized carbons (Fsp3) is 0.0323.